The van der Waals surface area contributed by atoms with Crippen LogP contribution in [0.25, 0.3) is 0 Å². The topological polar surface area (TPSA) is 35.2 Å². The largest absolute Gasteiger partial charge is 0.435 e. The first-order valence-electron chi connectivity index (χ1n) is 6.04. The SMILES string of the molecule is Cc1ccc(C(N)c2cccc(OC(F)F)c2)cc1F. The maximum absolute atomic E-state index is 13.5. The van der Waals surface area contributed by atoms with E-state index in [2.05, 4.69) is 4.74 Å². The molecule has 5 heteroatoms. The molecule has 0 aliphatic heterocycles. The molecule has 1 atom stereocenters. The highest BCUT2D eigenvalue weighted by Gasteiger charge is 2.12. The molecule has 0 saturated carbocycles. The van der Waals surface area contributed by atoms with E-state index in [1.165, 1.54) is 18.2 Å². The van der Waals surface area contributed by atoms with Crippen molar-refractivity contribution >= 4 is 0 Å². The van der Waals surface area contributed by atoms with E-state index in [1.54, 1.807) is 31.2 Å². The highest BCUT2D eigenvalue weighted by atomic mass is 19.3. The van der Waals surface area contributed by atoms with E-state index in [0.717, 1.165) is 0 Å². The zero-order valence-corrected chi connectivity index (χ0v) is 10.8. The summed E-state index contributed by atoms with van der Waals surface area (Å²) in [7, 11) is 0. The van der Waals surface area contributed by atoms with Crippen LogP contribution in [0, 0.1) is 12.7 Å². The van der Waals surface area contributed by atoms with Crippen LogP contribution in [-0.2, 0) is 0 Å². The molecule has 0 fully saturated rings. The molecular formula is C15H14F3NO. The molecule has 0 heterocycles. The van der Waals surface area contributed by atoms with Crippen molar-refractivity contribution < 1.29 is 17.9 Å². The van der Waals surface area contributed by atoms with E-state index in [9.17, 15) is 13.2 Å². The maximum Gasteiger partial charge on any atom is 0.387 e. The molecule has 0 spiro atoms. The predicted molar refractivity (Wildman–Crippen MR) is 70.2 cm³/mol. The van der Waals surface area contributed by atoms with Crippen LogP contribution >= 0.6 is 0 Å². The summed E-state index contributed by atoms with van der Waals surface area (Å²) in [5.41, 5.74) is 7.70. The molecule has 0 saturated heterocycles. The van der Waals surface area contributed by atoms with Crippen LogP contribution in [0.5, 0.6) is 5.75 Å². The summed E-state index contributed by atoms with van der Waals surface area (Å²) in [5, 5.41) is 0. The molecule has 2 N–H and O–H groups in total. The minimum atomic E-state index is -2.89. The van der Waals surface area contributed by atoms with Gasteiger partial charge < -0.3 is 10.5 Å². The number of halogens is 3. The second kappa shape index (κ2) is 5.96. The summed E-state index contributed by atoms with van der Waals surface area (Å²) < 4.78 is 42.2. The Balaban J connectivity index is 2.28. The van der Waals surface area contributed by atoms with E-state index >= 15 is 0 Å². The van der Waals surface area contributed by atoms with Crippen LogP contribution < -0.4 is 10.5 Å². The molecule has 0 aliphatic carbocycles. The van der Waals surface area contributed by atoms with E-state index < -0.39 is 12.7 Å². The van der Waals surface area contributed by atoms with Crippen LogP contribution in [0.1, 0.15) is 22.7 Å². The second-order valence-corrected chi connectivity index (χ2v) is 4.44. The Morgan fingerprint density at radius 3 is 2.40 bits per heavy atom. The standard InChI is InChI=1S/C15H14F3NO/c1-9-5-6-11(8-13(9)16)14(19)10-3-2-4-12(7-10)20-15(17)18/h2-8,14-15H,19H2,1H3. The highest BCUT2D eigenvalue weighted by molar-refractivity contribution is 5.37. The van der Waals surface area contributed by atoms with Gasteiger partial charge in [0.25, 0.3) is 0 Å². The molecule has 2 rings (SSSR count). The molecule has 0 bridgehead atoms. The third-order valence-electron chi connectivity index (χ3n) is 3.00. The number of ether oxygens (including phenoxy) is 1. The van der Waals surface area contributed by atoms with Gasteiger partial charge in [-0.15, -0.1) is 0 Å². The fraction of sp³-hybridized carbons (Fsp3) is 0.200. The lowest BCUT2D eigenvalue weighted by Crippen LogP contribution is -2.12. The minimum absolute atomic E-state index is 0.0283. The molecule has 0 radical (unpaired) electrons. The Bertz CT molecular complexity index is 601. The zero-order chi connectivity index (χ0) is 14.7. The first kappa shape index (κ1) is 14.4. The van der Waals surface area contributed by atoms with Crippen molar-refractivity contribution in [1.82, 2.24) is 0 Å². The molecule has 2 aromatic carbocycles. The Morgan fingerprint density at radius 1 is 1.05 bits per heavy atom. The minimum Gasteiger partial charge on any atom is -0.435 e. The first-order valence-corrected chi connectivity index (χ1v) is 6.04. The summed E-state index contributed by atoms with van der Waals surface area (Å²) in [5.74, 6) is -0.321. The van der Waals surface area contributed by atoms with Gasteiger partial charge in [-0.05, 0) is 41.8 Å². The Morgan fingerprint density at radius 2 is 1.75 bits per heavy atom. The van der Waals surface area contributed by atoms with Crippen molar-refractivity contribution in [3.63, 3.8) is 0 Å². The van der Waals surface area contributed by atoms with Gasteiger partial charge in [-0.25, -0.2) is 4.39 Å². The van der Waals surface area contributed by atoms with Crippen molar-refractivity contribution in [2.45, 2.75) is 19.6 Å². The number of aryl methyl sites for hydroxylation is 1. The molecule has 2 nitrogen and oxygen atoms in total. The fourth-order valence-corrected chi connectivity index (χ4v) is 1.88. The van der Waals surface area contributed by atoms with Gasteiger partial charge in [-0.1, -0.05) is 24.3 Å². The van der Waals surface area contributed by atoms with Crippen LogP contribution in [0.3, 0.4) is 0 Å². The molecule has 106 valence electrons. The first-order chi connectivity index (χ1) is 9.47. The molecular weight excluding hydrogens is 267 g/mol. The number of benzene rings is 2. The molecule has 2 aromatic rings. The Hall–Kier alpha value is -2.01. The Labute approximate surface area is 115 Å². The number of nitrogens with two attached hydrogens (primary N) is 1. The Kier molecular flexibility index (Phi) is 4.29. The molecule has 0 aromatic heterocycles. The average Bonchev–Trinajstić information content (AvgIpc) is 2.40. The van der Waals surface area contributed by atoms with Crippen molar-refractivity contribution in [2.75, 3.05) is 0 Å². The quantitative estimate of drug-likeness (QED) is 0.925. The summed E-state index contributed by atoms with van der Waals surface area (Å²) in [6.07, 6.45) is 0. The van der Waals surface area contributed by atoms with Gasteiger partial charge in [0.1, 0.15) is 11.6 Å². The van der Waals surface area contributed by atoms with Crippen LogP contribution in [-0.4, -0.2) is 6.61 Å². The van der Waals surface area contributed by atoms with Crippen LogP contribution in [0.4, 0.5) is 13.2 Å². The lowest BCUT2D eigenvalue weighted by atomic mass is 9.98. The predicted octanol–water partition coefficient (Wildman–Crippen LogP) is 3.78. The van der Waals surface area contributed by atoms with Crippen LogP contribution in [0.15, 0.2) is 42.5 Å². The van der Waals surface area contributed by atoms with Crippen molar-refractivity contribution in [1.29, 1.82) is 0 Å². The number of alkyl halides is 2. The average molecular weight is 281 g/mol. The summed E-state index contributed by atoms with van der Waals surface area (Å²) in [6.45, 7) is -1.24. The monoisotopic (exact) mass is 281 g/mol. The molecule has 20 heavy (non-hydrogen) atoms. The smallest absolute Gasteiger partial charge is 0.387 e. The van der Waals surface area contributed by atoms with Gasteiger partial charge in [-0.3, -0.25) is 0 Å². The lowest BCUT2D eigenvalue weighted by molar-refractivity contribution is -0.0498. The second-order valence-electron chi connectivity index (χ2n) is 4.44. The van der Waals surface area contributed by atoms with E-state index in [0.29, 0.717) is 16.7 Å². The molecule has 0 aliphatic rings. The fourth-order valence-electron chi connectivity index (χ4n) is 1.88. The number of rotatable bonds is 4. The third kappa shape index (κ3) is 3.30. The lowest BCUT2D eigenvalue weighted by Gasteiger charge is -2.14. The normalized spacial score (nSPS) is 12.5. The number of hydrogen-bond donors (Lipinski definition) is 1. The van der Waals surface area contributed by atoms with Gasteiger partial charge >= 0.3 is 6.61 Å². The summed E-state index contributed by atoms with van der Waals surface area (Å²) >= 11 is 0. The van der Waals surface area contributed by atoms with Crippen LogP contribution in [0.2, 0.25) is 0 Å². The van der Waals surface area contributed by atoms with Gasteiger partial charge in [0, 0.05) is 0 Å². The third-order valence-corrected chi connectivity index (χ3v) is 3.00. The van der Waals surface area contributed by atoms with Gasteiger partial charge in [-0.2, -0.15) is 8.78 Å². The molecule has 1 unspecified atom stereocenters. The maximum atomic E-state index is 13.5. The molecule has 0 amide bonds. The van der Waals surface area contributed by atoms with E-state index in [4.69, 9.17) is 5.73 Å². The van der Waals surface area contributed by atoms with E-state index in [1.807, 2.05) is 0 Å². The van der Waals surface area contributed by atoms with Crippen molar-refractivity contribution in [3.05, 3.63) is 65.0 Å². The summed E-state index contributed by atoms with van der Waals surface area (Å²) in [4.78, 5) is 0. The number of hydrogen-bond acceptors (Lipinski definition) is 2. The van der Waals surface area contributed by atoms with Gasteiger partial charge in [0.2, 0.25) is 0 Å². The summed E-state index contributed by atoms with van der Waals surface area (Å²) in [6, 6.07) is 10.2. The van der Waals surface area contributed by atoms with Gasteiger partial charge in [0.15, 0.2) is 0 Å². The van der Waals surface area contributed by atoms with E-state index in [-0.39, 0.29) is 11.6 Å². The van der Waals surface area contributed by atoms with Crippen molar-refractivity contribution in [2.24, 2.45) is 5.73 Å². The zero-order valence-electron chi connectivity index (χ0n) is 10.8. The highest BCUT2D eigenvalue weighted by Crippen LogP contribution is 2.25. The van der Waals surface area contributed by atoms with Gasteiger partial charge in [0.05, 0.1) is 6.04 Å². The van der Waals surface area contributed by atoms with Crippen molar-refractivity contribution in [3.8, 4) is 5.75 Å².